The van der Waals surface area contributed by atoms with E-state index in [0.29, 0.717) is 19.4 Å². The summed E-state index contributed by atoms with van der Waals surface area (Å²) in [6.45, 7) is 2.33. The van der Waals surface area contributed by atoms with Gasteiger partial charge in [-0.25, -0.2) is 0 Å². The summed E-state index contributed by atoms with van der Waals surface area (Å²) in [5.74, 6) is -0.365. The lowest BCUT2D eigenvalue weighted by Gasteiger charge is -2.33. The lowest BCUT2D eigenvalue weighted by Crippen LogP contribution is -2.47. The highest BCUT2D eigenvalue weighted by molar-refractivity contribution is 6.10. The molecule has 0 N–H and O–H groups in total. The Hall–Kier alpha value is -1.64. The maximum absolute atomic E-state index is 12.4. The third-order valence-electron chi connectivity index (χ3n) is 3.73. The molecular weight excluding hydrogens is 240 g/mol. The third-order valence-corrected chi connectivity index (χ3v) is 3.73. The standard InChI is InChI=1S/C16H20O3/c1-2-12-19-15(18)16(11-7-6-10-14(16)17)13-8-4-3-5-9-13/h3-5,8-9H,2,6-7,10-12H2,1H3/t16-/m1/s1. The molecule has 1 fully saturated rings. The van der Waals surface area contributed by atoms with E-state index in [4.69, 9.17) is 4.74 Å². The van der Waals surface area contributed by atoms with Gasteiger partial charge in [-0.1, -0.05) is 43.7 Å². The van der Waals surface area contributed by atoms with Crippen LogP contribution in [-0.2, 0) is 19.7 Å². The minimum Gasteiger partial charge on any atom is -0.465 e. The fourth-order valence-electron chi connectivity index (χ4n) is 2.71. The molecule has 0 bridgehead atoms. The van der Waals surface area contributed by atoms with Gasteiger partial charge < -0.3 is 4.74 Å². The zero-order valence-electron chi connectivity index (χ0n) is 11.4. The van der Waals surface area contributed by atoms with Gasteiger partial charge in [0.25, 0.3) is 0 Å². The van der Waals surface area contributed by atoms with E-state index in [1.165, 1.54) is 0 Å². The van der Waals surface area contributed by atoms with Crippen molar-refractivity contribution < 1.29 is 14.3 Å². The zero-order valence-corrected chi connectivity index (χ0v) is 11.4. The van der Waals surface area contributed by atoms with Crippen LogP contribution >= 0.6 is 0 Å². The molecule has 1 atom stereocenters. The van der Waals surface area contributed by atoms with Crippen LogP contribution in [0, 0.1) is 0 Å². The Kier molecular flexibility index (Phi) is 4.35. The first-order valence-corrected chi connectivity index (χ1v) is 6.98. The largest absolute Gasteiger partial charge is 0.465 e. The van der Waals surface area contributed by atoms with Crippen LogP contribution in [-0.4, -0.2) is 18.4 Å². The molecule has 102 valence electrons. The average Bonchev–Trinajstić information content (AvgIpc) is 2.46. The van der Waals surface area contributed by atoms with E-state index < -0.39 is 5.41 Å². The molecule has 1 aliphatic carbocycles. The van der Waals surface area contributed by atoms with Gasteiger partial charge in [-0.3, -0.25) is 9.59 Å². The molecule has 1 aromatic rings. The monoisotopic (exact) mass is 260 g/mol. The van der Waals surface area contributed by atoms with E-state index in [-0.39, 0.29) is 11.8 Å². The van der Waals surface area contributed by atoms with Crippen LogP contribution in [0.5, 0.6) is 0 Å². The van der Waals surface area contributed by atoms with E-state index in [1.54, 1.807) is 0 Å². The number of esters is 1. The number of hydrogen-bond acceptors (Lipinski definition) is 3. The van der Waals surface area contributed by atoms with Crippen LogP contribution in [0.1, 0.15) is 44.6 Å². The summed E-state index contributed by atoms with van der Waals surface area (Å²) in [6, 6.07) is 9.34. The molecule has 0 aromatic heterocycles. The molecule has 0 heterocycles. The van der Waals surface area contributed by atoms with Gasteiger partial charge >= 0.3 is 5.97 Å². The fourth-order valence-corrected chi connectivity index (χ4v) is 2.71. The van der Waals surface area contributed by atoms with Crippen LogP contribution in [0.3, 0.4) is 0 Å². The van der Waals surface area contributed by atoms with Gasteiger partial charge in [0.05, 0.1) is 6.61 Å². The maximum Gasteiger partial charge on any atom is 0.324 e. The molecule has 0 amide bonds. The molecule has 1 saturated carbocycles. The molecule has 1 aromatic carbocycles. The highest BCUT2D eigenvalue weighted by Crippen LogP contribution is 2.38. The Morgan fingerprint density at radius 1 is 1.26 bits per heavy atom. The van der Waals surface area contributed by atoms with Crippen molar-refractivity contribution in [3.05, 3.63) is 35.9 Å². The predicted molar refractivity (Wildman–Crippen MR) is 72.8 cm³/mol. The molecule has 0 spiro atoms. The molecule has 3 heteroatoms. The van der Waals surface area contributed by atoms with Crippen molar-refractivity contribution in [3.8, 4) is 0 Å². The Balaban J connectivity index is 2.38. The van der Waals surface area contributed by atoms with E-state index in [9.17, 15) is 9.59 Å². The summed E-state index contributed by atoms with van der Waals surface area (Å²) in [6.07, 6.45) is 3.57. The summed E-state index contributed by atoms with van der Waals surface area (Å²) in [7, 11) is 0. The number of Topliss-reactive ketones (excluding diaryl/α,β-unsaturated/α-hetero) is 1. The lowest BCUT2D eigenvalue weighted by molar-refractivity contribution is -0.156. The van der Waals surface area contributed by atoms with Crippen LogP contribution < -0.4 is 0 Å². The minimum atomic E-state index is -1.06. The molecule has 1 aliphatic rings. The van der Waals surface area contributed by atoms with Crippen LogP contribution in [0.25, 0.3) is 0 Å². The summed E-state index contributed by atoms with van der Waals surface area (Å²) in [5, 5.41) is 0. The van der Waals surface area contributed by atoms with Gasteiger partial charge in [-0.15, -0.1) is 0 Å². The van der Waals surface area contributed by atoms with Gasteiger partial charge in [-0.2, -0.15) is 0 Å². The smallest absolute Gasteiger partial charge is 0.324 e. The van der Waals surface area contributed by atoms with E-state index in [1.807, 2.05) is 37.3 Å². The quantitative estimate of drug-likeness (QED) is 0.617. The molecular formula is C16H20O3. The molecule has 19 heavy (non-hydrogen) atoms. The summed E-state index contributed by atoms with van der Waals surface area (Å²) < 4.78 is 5.30. The van der Waals surface area contributed by atoms with Gasteiger partial charge in [0, 0.05) is 6.42 Å². The van der Waals surface area contributed by atoms with E-state index >= 15 is 0 Å². The number of carbonyl (C=O) groups is 2. The van der Waals surface area contributed by atoms with Crippen molar-refractivity contribution in [2.24, 2.45) is 0 Å². The predicted octanol–water partition coefficient (Wildman–Crippen LogP) is 3.02. The van der Waals surface area contributed by atoms with Gasteiger partial charge in [0.2, 0.25) is 0 Å². The maximum atomic E-state index is 12.4. The topological polar surface area (TPSA) is 43.4 Å². The second kappa shape index (κ2) is 6.00. The average molecular weight is 260 g/mol. The first kappa shape index (κ1) is 13.8. The SMILES string of the molecule is CCCOC(=O)[C@@]1(c2ccccc2)CCCCC1=O. The molecule has 2 rings (SSSR count). The van der Waals surface area contributed by atoms with Crippen LogP contribution in [0.15, 0.2) is 30.3 Å². The van der Waals surface area contributed by atoms with Crippen molar-refractivity contribution in [1.82, 2.24) is 0 Å². The van der Waals surface area contributed by atoms with Crippen LogP contribution in [0.4, 0.5) is 0 Å². The normalized spacial score (nSPS) is 23.1. The van der Waals surface area contributed by atoms with Crippen molar-refractivity contribution >= 4 is 11.8 Å². The first-order chi connectivity index (χ1) is 9.21. The Bertz CT molecular complexity index is 452. The molecule has 0 saturated heterocycles. The fraction of sp³-hybridized carbons (Fsp3) is 0.500. The number of rotatable bonds is 4. The molecule has 0 radical (unpaired) electrons. The zero-order chi connectivity index (χ0) is 13.7. The Morgan fingerprint density at radius 3 is 2.63 bits per heavy atom. The minimum absolute atomic E-state index is 0.00560. The Morgan fingerprint density at radius 2 is 2.00 bits per heavy atom. The second-order valence-corrected chi connectivity index (χ2v) is 5.04. The molecule has 0 unspecified atom stereocenters. The van der Waals surface area contributed by atoms with E-state index in [0.717, 1.165) is 24.8 Å². The summed E-state index contributed by atoms with van der Waals surface area (Å²) in [4.78, 5) is 24.9. The van der Waals surface area contributed by atoms with Crippen LogP contribution in [0.2, 0.25) is 0 Å². The number of hydrogen-bond donors (Lipinski definition) is 0. The number of benzene rings is 1. The van der Waals surface area contributed by atoms with Gasteiger partial charge in [-0.05, 0) is 24.8 Å². The van der Waals surface area contributed by atoms with Crippen molar-refractivity contribution in [1.29, 1.82) is 0 Å². The Labute approximate surface area is 114 Å². The number of ketones is 1. The molecule has 0 aliphatic heterocycles. The van der Waals surface area contributed by atoms with Gasteiger partial charge in [0.1, 0.15) is 0 Å². The number of ether oxygens (including phenoxy) is 1. The first-order valence-electron chi connectivity index (χ1n) is 6.98. The number of carbonyl (C=O) groups excluding carboxylic acids is 2. The lowest BCUT2D eigenvalue weighted by atomic mass is 9.68. The highest BCUT2D eigenvalue weighted by atomic mass is 16.5. The highest BCUT2D eigenvalue weighted by Gasteiger charge is 2.49. The van der Waals surface area contributed by atoms with E-state index in [2.05, 4.69) is 0 Å². The summed E-state index contributed by atoms with van der Waals surface area (Å²) >= 11 is 0. The van der Waals surface area contributed by atoms with Crippen molar-refractivity contribution in [2.45, 2.75) is 44.4 Å². The molecule has 3 nitrogen and oxygen atoms in total. The second-order valence-electron chi connectivity index (χ2n) is 5.04. The van der Waals surface area contributed by atoms with Crippen molar-refractivity contribution in [3.63, 3.8) is 0 Å². The summed E-state index contributed by atoms with van der Waals surface area (Å²) in [5.41, 5.74) is -0.282. The van der Waals surface area contributed by atoms with Gasteiger partial charge in [0.15, 0.2) is 11.2 Å². The van der Waals surface area contributed by atoms with Crippen molar-refractivity contribution in [2.75, 3.05) is 6.61 Å². The third kappa shape index (κ3) is 2.55.